The van der Waals surface area contributed by atoms with Gasteiger partial charge in [0.05, 0.1) is 20.6 Å². The Kier molecular flexibility index (Phi) is 3.25. The third-order valence-corrected chi connectivity index (χ3v) is 2.70. The number of aromatic nitrogens is 2. The van der Waals surface area contributed by atoms with Crippen LogP contribution in [0.1, 0.15) is 5.69 Å². The number of nitrogens with one attached hydrogen (secondary N) is 2. The summed E-state index contributed by atoms with van der Waals surface area (Å²) in [7, 11) is 3.71. The summed E-state index contributed by atoms with van der Waals surface area (Å²) >= 11 is 0. The molecule has 0 spiro atoms. The van der Waals surface area contributed by atoms with E-state index in [1.54, 1.807) is 9.80 Å². The van der Waals surface area contributed by atoms with Gasteiger partial charge in [-0.3, -0.25) is 9.42 Å². The molecule has 0 aliphatic carbocycles. The quantitative estimate of drug-likeness (QED) is 0.578. The molecular formula is C9H18N5O2+. The summed E-state index contributed by atoms with van der Waals surface area (Å²) in [6, 6.07) is 0. The summed E-state index contributed by atoms with van der Waals surface area (Å²) in [6.07, 6.45) is 0. The van der Waals surface area contributed by atoms with Crippen LogP contribution < -0.4 is 20.7 Å². The van der Waals surface area contributed by atoms with Crippen LogP contribution in [0, 0.1) is 0 Å². The fourth-order valence-electron chi connectivity index (χ4n) is 1.82. The molecule has 0 amide bonds. The van der Waals surface area contributed by atoms with Crippen molar-refractivity contribution in [3.8, 4) is 0 Å². The van der Waals surface area contributed by atoms with Crippen molar-refractivity contribution in [1.29, 1.82) is 0 Å². The molecule has 1 saturated heterocycles. The molecular weight excluding hydrogens is 210 g/mol. The lowest BCUT2D eigenvalue weighted by atomic mass is 10.3. The van der Waals surface area contributed by atoms with E-state index in [-0.39, 0.29) is 5.63 Å². The summed E-state index contributed by atoms with van der Waals surface area (Å²) in [5.74, 6) is 0. The Hall–Kier alpha value is -1.34. The van der Waals surface area contributed by atoms with Crippen LogP contribution in [0.3, 0.4) is 0 Å². The summed E-state index contributed by atoms with van der Waals surface area (Å²) < 4.78 is 4.80. The smallest absolute Gasteiger partial charge is 0.314 e. The summed E-state index contributed by atoms with van der Waals surface area (Å²) in [5.41, 5.74) is 0.333. The average molecular weight is 228 g/mol. The van der Waals surface area contributed by atoms with Crippen LogP contribution >= 0.6 is 0 Å². The number of nitrogens with zero attached hydrogens (tertiary/aromatic N) is 3. The van der Waals surface area contributed by atoms with Gasteiger partial charge in [0.2, 0.25) is 0 Å². The molecule has 2 heterocycles. The molecule has 0 aromatic carbocycles. The number of aromatic amines is 1. The van der Waals surface area contributed by atoms with Crippen LogP contribution in [0.2, 0.25) is 0 Å². The van der Waals surface area contributed by atoms with Crippen LogP contribution in [0.4, 0.5) is 0 Å². The number of rotatable bonds is 3. The fraction of sp³-hybridized carbons (Fsp3) is 0.778. The van der Waals surface area contributed by atoms with Gasteiger partial charge in [0.1, 0.15) is 0 Å². The molecule has 1 fully saturated rings. The van der Waals surface area contributed by atoms with Crippen molar-refractivity contribution >= 4 is 0 Å². The zero-order valence-electron chi connectivity index (χ0n) is 9.69. The molecule has 1 aliphatic heterocycles. The van der Waals surface area contributed by atoms with Crippen molar-refractivity contribution in [2.75, 3.05) is 45.3 Å². The molecule has 0 saturated carbocycles. The minimum Gasteiger partial charge on any atom is -0.314 e. The van der Waals surface area contributed by atoms with Crippen LogP contribution in [0.25, 0.3) is 0 Å². The van der Waals surface area contributed by atoms with Crippen molar-refractivity contribution in [3.63, 3.8) is 0 Å². The molecule has 0 radical (unpaired) electrons. The Morgan fingerprint density at radius 3 is 2.75 bits per heavy atom. The normalized spacial score (nSPS) is 17.6. The summed E-state index contributed by atoms with van der Waals surface area (Å²) in [4.78, 5) is 15.4. The minimum atomic E-state index is -0.299. The number of H-pyrrole nitrogens is 1. The fourth-order valence-corrected chi connectivity index (χ4v) is 1.82. The lowest BCUT2D eigenvalue weighted by Gasteiger charge is -2.25. The topological polar surface area (TPSA) is 68.4 Å². The first-order valence-corrected chi connectivity index (χ1v) is 5.41. The molecule has 2 rings (SSSR count). The Morgan fingerprint density at radius 2 is 2.12 bits per heavy atom. The molecule has 90 valence electrons. The second-order valence-corrected chi connectivity index (χ2v) is 4.11. The maximum Gasteiger partial charge on any atom is 0.434 e. The van der Waals surface area contributed by atoms with Gasteiger partial charge in [-0.2, -0.15) is 5.01 Å². The Labute approximate surface area is 93.5 Å². The Balaban J connectivity index is 2.13. The van der Waals surface area contributed by atoms with E-state index >= 15 is 0 Å². The number of hydrogen-bond donors (Lipinski definition) is 2. The SMILES string of the molecule is CN(C)[n+]1[nH]oc(=O)c1CN1CCNCC1. The summed E-state index contributed by atoms with van der Waals surface area (Å²) in [5, 5.41) is 7.63. The highest BCUT2D eigenvalue weighted by Gasteiger charge is 2.26. The van der Waals surface area contributed by atoms with Crippen LogP contribution in [0.5, 0.6) is 0 Å². The molecule has 16 heavy (non-hydrogen) atoms. The van der Waals surface area contributed by atoms with Gasteiger partial charge in [0.15, 0.2) is 0 Å². The van der Waals surface area contributed by atoms with Gasteiger partial charge in [0, 0.05) is 36.2 Å². The average Bonchev–Trinajstić information content (AvgIpc) is 2.62. The van der Waals surface area contributed by atoms with Gasteiger partial charge in [-0.1, -0.05) is 0 Å². The van der Waals surface area contributed by atoms with E-state index in [1.807, 2.05) is 14.1 Å². The highest BCUT2D eigenvalue weighted by molar-refractivity contribution is 4.85. The third kappa shape index (κ3) is 2.25. The predicted octanol–water partition coefficient (Wildman–Crippen LogP) is -2.14. The summed E-state index contributed by atoms with van der Waals surface area (Å²) in [6.45, 7) is 4.47. The van der Waals surface area contributed by atoms with E-state index in [9.17, 15) is 4.79 Å². The van der Waals surface area contributed by atoms with E-state index in [4.69, 9.17) is 4.52 Å². The van der Waals surface area contributed by atoms with Gasteiger partial charge in [-0.25, -0.2) is 4.79 Å². The molecule has 0 unspecified atom stereocenters. The van der Waals surface area contributed by atoms with E-state index in [0.717, 1.165) is 26.2 Å². The lowest BCUT2D eigenvalue weighted by molar-refractivity contribution is -0.760. The van der Waals surface area contributed by atoms with Crippen molar-refractivity contribution in [3.05, 3.63) is 16.1 Å². The van der Waals surface area contributed by atoms with Crippen molar-refractivity contribution in [2.45, 2.75) is 6.54 Å². The minimum absolute atomic E-state index is 0.299. The Morgan fingerprint density at radius 1 is 1.44 bits per heavy atom. The van der Waals surface area contributed by atoms with Crippen LogP contribution in [0.15, 0.2) is 9.32 Å². The van der Waals surface area contributed by atoms with E-state index < -0.39 is 0 Å². The molecule has 7 nitrogen and oxygen atoms in total. The molecule has 0 atom stereocenters. The van der Waals surface area contributed by atoms with E-state index in [1.165, 1.54) is 0 Å². The van der Waals surface area contributed by atoms with Crippen molar-refractivity contribution in [2.24, 2.45) is 0 Å². The van der Waals surface area contributed by atoms with Crippen molar-refractivity contribution in [1.82, 2.24) is 15.5 Å². The second-order valence-electron chi connectivity index (χ2n) is 4.11. The van der Waals surface area contributed by atoms with Crippen LogP contribution in [-0.4, -0.2) is 50.4 Å². The van der Waals surface area contributed by atoms with Crippen LogP contribution in [-0.2, 0) is 6.54 Å². The molecule has 1 aliphatic rings. The highest BCUT2D eigenvalue weighted by Crippen LogP contribution is 1.97. The molecule has 7 heteroatoms. The maximum absolute atomic E-state index is 11.5. The largest absolute Gasteiger partial charge is 0.434 e. The van der Waals surface area contributed by atoms with Gasteiger partial charge < -0.3 is 5.32 Å². The maximum atomic E-state index is 11.5. The molecule has 0 bridgehead atoms. The predicted molar refractivity (Wildman–Crippen MR) is 57.7 cm³/mol. The van der Waals surface area contributed by atoms with Gasteiger partial charge >= 0.3 is 11.3 Å². The highest BCUT2D eigenvalue weighted by atomic mass is 16.5. The first-order valence-electron chi connectivity index (χ1n) is 5.41. The standard InChI is InChI=1S/C9H17N5O2/c1-12(2)14-8(9(15)16-11-14)7-13-5-3-10-4-6-13/h10H,3-7H2,1-2H3/p+1. The first kappa shape index (κ1) is 11.2. The number of hydrogen-bond acceptors (Lipinski definition) is 5. The monoisotopic (exact) mass is 228 g/mol. The second kappa shape index (κ2) is 4.67. The van der Waals surface area contributed by atoms with Crippen molar-refractivity contribution < 1.29 is 9.31 Å². The zero-order valence-corrected chi connectivity index (χ0v) is 9.69. The third-order valence-electron chi connectivity index (χ3n) is 2.70. The molecule has 1 aromatic rings. The van der Waals surface area contributed by atoms with Gasteiger partial charge in [-0.05, 0) is 0 Å². The molecule has 1 aromatic heterocycles. The van der Waals surface area contributed by atoms with Gasteiger partial charge in [0.25, 0.3) is 0 Å². The number of piperazine rings is 1. The van der Waals surface area contributed by atoms with Gasteiger partial charge in [-0.15, -0.1) is 0 Å². The first-order chi connectivity index (χ1) is 7.68. The Bertz CT molecular complexity index is 391. The molecule has 2 N–H and O–H groups in total. The van der Waals surface area contributed by atoms with E-state index in [2.05, 4.69) is 15.5 Å². The van der Waals surface area contributed by atoms with E-state index in [0.29, 0.717) is 12.2 Å². The lowest BCUT2D eigenvalue weighted by Crippen LogP contribution is -2.59. The zero-order chi connectivity index (χ0) is 11.5.